The zero-order chi connectivity index (χ0) is 15.5. The maximum Gasteiger partial charge on any atom is 0.272 e. The summed E-state index contributed by atoms with van der Waals surface area (Å²) >= 11 is 12.0. The van der Waals surface area contributed by atoms with Gasteiger partial charge in [0, 0.05) is 18.7 Å². The highest BCUT2D eigenvalue weighted by Crippen LogP contribution is 2.35. The van der Waals surface area contributed by atoms with Gasteiger partial charge in [0.25, 0.3) is 5.69 Å². The molecule has 0 aliphatic carbocycles. The molecule has 0 saturated carbocycles. The van der Waals surface area contributed by atoms with Gasteiger partial charge in [-0.1, -0.05) is 37.0 Å². The molecule has 1 rings (SSSR count). The first-order chi connectivity index (χ1) is 9.12. The molecule has 5 nitrogen and oxygen atoms in total. The minimum atomic E-state index is -0.914. The molecular weight excluding hydrogens is 303 g/mol. The first-order valence-corrected chi connectivity index (χ1v) is 6.97. The number of hydrogen-bond acceptors (Lipinski definition) is 4. The first-order valence-electron chi connectivity index (χ1n) is 6.22. The maximum absolute atomic E-state index is 10.7. The van der Waals surface area contributed by atoms with Crippen molar-refractivity contribution in [1.82, 2.24) is 0 Å². The van der Waals surface area contributed by atoms with Crippen molar-refractivity contribution >= 4 is 34.6 Å². The number of hydrogen-bond donors (Lipinski definition) is 2. The van der Waals surface area contributed by atoms with Crippen molar-refractivity contribution in [3.05, 3.63) is 32.3 Å². The number of nitrogens with one attached hydrogen (secondary N) is 1. The van der Waals surface area contributed by atoms with E-state index < -0.39 is 10.5 Å². The summed E-state index contributed by atoms with van der Waals surface area (Å²) in [4.78, 5) is 10.1. The molecule has 112 valence electrons. The second kappa shape index (κ2) is 6.61. The Hall–Kier alpha value is -1.04. The van der Waals surface area contributed by atoms with E-state index in [1.807, 2.05) is 13.8 Å². The molecule has 0 saturated heterocycles. The standard InChI is InChI=1S/C13H18Cl2N2O3/c1-8(2)6-13(3,18)7-16-12-10(14)4-9(17(19)20)5-11(12)15/h4-5,8,16,18H,6-7H2,1-3H3. The average Bonchev–Trinajstić information content (AvgIpc) is 2.25. The number of rotatable bonds is 6. The molecule has 1 aromatic carbocycles. The van der Waals surface area contributed by atoms with Gasteiger partial charge in [-0.25, -0.2) is 0 Å². The Morgan fingerprint density at radius 1 is 1.40 bits per heavy atom. The number of anilines is 1. The Kier molecular flexibility index (Phi) is 5.62. The summed E-state index contributed by atoms with van der Waals surface area (Å²) in [6.45, 7) is 6.00. The zero-order valence-corrected chi connectivity index (χ0v) is 13.1. The van der Waals surface area contributed by atoms with Crippen LogP contribution >= 0.6 is 23.2 Å². The monoisotopic (exact) mass is 320 g/mol. The summed E-state index contributed by atoms with van der Waals surface area (Å²) in [6, 6.07) is 2.46. The van der Waals surface area contributed by atoms with Gasteiger partial charge < -0.3 is 10.4 Å². The number of nitro groups is 1. The number of aliphatic hydroxyl groups is 1. The van der Waals surface area contributed by atoms with Crippen LogP contribution in [0, 0.1) is 16.0 Å². The molecular formula is C13H18Cl2N2O3. The second-order valence-corrected chi connectivity index (χ2v) is 6.30. The molecule has 0 bridgehead atoms. The van der Waals surface area contributed by atoms with Gasteiger partial charge in [0.1, 0.15) is 0 Å². The van der Waals surface area contributed by atoms with Crippen molar-refractivity contribution in [2.75, 3.05) is 11.9 Å². The van der Waals surface area contributed by atoms with Gasteiger partial charge in [-0.15, -0.1) is 0 Å². The number of nitro benzene ring substituents is 1. The number of nitrogens with zero attached hydrogens (tertiary/aromatic N) is 1. The number of benzene rings is 1. The van der Waals surface area contributed by atoms with Gasteiger partial charge in [0.05, 0.1) is 26.3 Å². The van der Waals surface area contributed by atoms with Crippen molar-refractivity contribution in [3.63, 3.8) is 0 Å². The van der Waals surface area contributed by atoms with Gasteiger partial charge in [0.15, 0.2) is 0 Å². The lowest BCUT2D eigenvalue weighted by Gasteiger charge is -2.26. The lowest BCUT2D eigenvalue weighted by atomic mass is 9.94. The molecule has 1 atom stereocenters. The van der Waals surface area contributed by atoms with Gasteiger partial charge in [-0.05, 0) is 19.3 Å². The van der Waals surface area contributed by atoms with Crippen molar-refractivity contribution in [1.29, 1.82) is 0 Å². The van der Waals surface area contributed by atoms with Crippen LogP contribution in [-0.4, -0.2) is 22.2 Å². The van der Waals surface area contributed by atoms with Crippen molar-refractivity contribution < 1.29 is 10.0 Å². The molecule has 20 heavy (non-hydrogen) atoms. The Morgan fingerprint density at radius 2 is 1.90 bits per heavy atom. The van der Waals surface area contributed by atoms with Crippen LogP contribution in [0.25, 0.3) is 0 Å². The highest BCUT2D eigenvalue weighted by atomic mass is 35.5. The van der Waals surface area contributed by atoms with Crippen LogP contribution < -0.4 is 5.32 Å². The fourth-order valence-corrected chi connectivity index (χ4v) is 2.67. The molecule has 0 radical (unpaired) electrons. The third-order valence-corrected chi connectivity index (χ3v) is 3.33. The van der Waals surface area contributed by atoms with Gasteiger partial charge in [-0.2, -0.15) is 0 Å². The van der Waals surface area contributed by atoms with E-state index in [2.05, 4.69) is 5.32 Å². The minimum absolute atomic E-state index is 0.157. The maximum atomic E-state index is 10.7. The summed E-state index contributed by atoms with van der Waals surface area (Å²) in [5, 5.41) is 24.2. The van der Waals surface area contributed by atoms with E-state index >= 15 is 0 Å². The predicted molar refractivity (Wildman–Crippen MR) is 81.7 cm³/mol. The molecule has 0 fully saturated rings. The van der Waals surface area contributed by atoms with E-state index in [0.29, 0.717) is 18.0 Å². The van der Waals surface area contributed by atoms with Crippen LogP contribution in [0.15, 0.2) is 12.1 Å². The fourth-order valence-electron chi connectivity index (χ4n) is 2.06. The van der Waals surface area contributed by atoms with Crippen LogP contribution in [0.1, 0.15) is 27.2 Å². The molecule has 7 heteroatoms. The van der Waals surface area contributed by atoms with Gasteiger partial charge in [-0.3, -0.25) is 10.1 Å². The highest BCUT2D eigenvalue weighted by molar-refractivity contribution is 6.39. The Balaban J connectivity index is 2.86. The first kappa shape index (κ1) is 17.0. The van der Waals surface area contributed by atoms with Gasteiger partial charge >= 0.3 is 0 Å². The quantitative estimate of drug-likeness (QED) is 0.611. The highest BCUT2D eigenvalue weighted by Gasteiger charge is 2.23. The Labute approximate surface area is 128 Å². The van der Waals surface area contributed by atoms with Crippen LogP contribution in [-0.2, 0) is 0 Å². The van der Waals surface area contributed by atoms with E-state index in [4.69, 9.17) is 23.2 Å². The van der Waals surface area contributed by atoms with E-state index in [9.17, 15) is 15.2 Å². The minimum Gasteiger partial charge on any atom is -0.388 e. The number of non-ortho nitro benzene ring substituents is 1. The lowest BCUT2D eigenvalue weighted by molar-refractivity contribution is -0.384. The van der Waals surface area contributed by atoms with Crippen LogP contribution in [0.5, 0.6) is 0 Å². The summed E-state index contributed by atoms with van der Waals surface area (Å²) in [5.74, 6) is 0.342. The summed E-state index contributed by atoms with van der Waals surface area (Å²) in [5.41, 5.74) is -0.690. The third kappa shape index (κ3) is 4.81. The molecule has 0 amide bonds. The zero-order valence-electron chi connectivity index (χ0n) is 11.6. The fraction of sp³-hybridized carbons (Fsp3) is 0.538. The molecule has 2 N–H and O–H groups in total. The van der Waals surface area contributed by atoms with E-state index in [-0.39, 0.29) is 22.3 Å². The topological polar surface area (TPSA) is 75.4 Å². The van der Waals surface area contributed by atoms with Crippen molar-refractivity contribution in [2.24, 2.45) is 5.92 Å². The normalized spacial score (nSPS) is 14.2. The summed E-state index contributed by atoms with van der Waals surface area (Å²) in [6.07, 6.45) is 0.613. The van der Waals surface area contributed by atoms with Crippen LogP contribution in [0.2, 0.25) is 10.0 Å². The van der Waals surface area contributed by atoms with E-state index in [1.165, 1.54) is 12.1 Å². The summed E-state index contributed by atoms with van der Waals surface area (Å²) in [7, 11) is 0. The van der Waals surface area contributed by atoms with Crippen LogP contribution in [0.4, 0.5) is 11.4 Å². The second-order valence-electron chi connectivity index (χ2n) is 5.49. The number of halogens is 2. The molecule has 0 aliphatic heterocycles. The molecule has 1 unspecified atom stereocenters. The Bertz CT molecular complexity index is 481. The van der Waals surface area contributed by atoms with E-state index in [1.54, 1.807) is 6.92 Å². The SMILES string of the molecule is CC(C)CC(C)(O)CNc1c(Cl)cc([N+](=O)[O-])cc1Cl. The Morgan fingerprint density at radius 3 is 2.30 bits per heavy atom. The molecule has 0 aromatic heterocycles. The largest absolute Gasteiger partial charge is 0.388 e. The van der Waals surface area contributed by atoms with Crippen molar-refractivity contribution in [2.45, 2.75) is 32.8 Å². The smallest absolute Gasteiger partial charge is 0.272 e. The molecule has 0 heterocycles. The summed E-state index contributed by atoms with van der Waals surface area (Å²) < 4.78 is 0. The van der Waals surface area contributed by atoms with Crippen molar-refractivity contribution in [3.8, 4) is 0 Å². The van der Waals surface area contributed by atoms with Crippen LogP contribution in [0.3, 0.4) is 0 Å². The van der Waals surface area contributed by atoms with E-state index in [0.717, 1.165) is 0 Å². The lowest BCUT2D eigenvalue weighted by Crippen LogP contribution is -2.35. The predicted octanol–water partition coefficient (Wildman–Crippen LogP) is 4.11. The van der Waals surface area contributed by atoms with Gasteiger partial charge in [0.2, 0.25) is 0 Å². The average molecular weight is 321 g/mol. The third-order valence-electron chi connectivity index (χ3n) is 2.73. The molecule has 0 aliphatic rings. The molecule has 0 spiro atoms. The molecule has 1 aromatic rings.